The first-order valence-electron chi connectivity index (χ1n) is 4.83. The zero-order valence-corrected chi connectivity index (χ0v) is 9.18. The second-order valence-electron chi connectivity index (χ2n) is 3.28. The lowest BCUT2D eigenvalue weighted by molar-refractivity contribution is 0.867. The maximum atomic E-state index is 5.61. The highest BCUT2D eigenvalue weighted by molar-refractivity contribution is 7.15. The monoisotopic (exact) mass is 231 g/mol. The number of hydrogen-bond acceptors (Lipinski definition) is 5. The molecule has 0 amide bonds. The Labute approximate surface area is 95.6 Å². The summed E-state index contributed by atoms with van der Waals surface area (Å²) in [7, 11) is 0. The lowest BCUT2D eigenvalue weighted by Gasteiger charge is -1.92. The van der Waals surface area contributed by atoms with Gasteiger partial charge >= 0.3 is 0 Å². The van der Waals surface area contributed by atoms with Crippen LogP contribution < -0.4 is 5.73 Å². The number of rotatable bonds is 2. The Morgan fingerprint density at radius 1 is 1.38 bits per heavy atom. The fourth-order valence-corrected chi connectivity index (χ4v) is 2.30. The van der Waals surface area contributed by atoms with E-state index in [0.717, 1.165) is 16.3 Å². The van der Waals surface area contributed by atoms with E-state index in [4.69, 9.17) is 5.73 Å². The normalized spacial score (nSPS) is 11.1. The summed E-state index contributed by atoms with van der Waals surface area (Å²) < 4.78 is 1.77. The van der Waals surface area contributed by atoms with Gasteiger partial charge in [-0.1, -0.05) is 6.07 Å². The van der Waals surface area contributed by atoms with Crippen molar-refractivity contribution in [3.8, 4) is 11.5 Å². The maximum absolute atomic E-state index is 5.61. The first kappa shape index (κ1) is 9.44. The molecule has 0 fully saturated rings. The highest BCUT2D eigenvalue weighted by atomic mass is 32.1. The number of aromatic nitrogens is 4. The number of nitrogens with zero attached hydrogens (tertiary/aromatic N) is 4. The number of fused-ring (bicyclic) bond motifs is 1. The van der Waals surface area contributed by atoms with Gasteiger partial charge in [0.25, 0.3) is 0 Å². The Balaban J connectivity index is 2.16. The Hall–Kier alpha value is -1.79. The zero-order chi connectivity index (χ0) is 11.0. The average Bonchev–Trinajstić information content (AvgIpc) is 2.89. The van der Waals surface area contributed by atoms with Crippen LogP contribution in [0.3, 0.4) is 0 Å². The number of hydrogen-bond donors (Lipinski definition) is 1. The Morgan fingerprint density at radius 2 is 2.31 bits per heavy atom. The van der Waals surface area contributed by atoms with E-state index in [1.165, 1.54) is 11.3 Å². The number of thiazole rings is 1. The van der Waals surface area contributed by atoms with Gasteiger partial charge in [0.15, 0.2) is 0 Å². The van der Waals surface area contributed by atoms with Gasteiger partial charge in [-0.2, -0.15) is 4.98 Å². The van der Waals surface area contributed by atoms with Gasteiger partial charge in [0.2, 0.25) is 10.8 Å². The summed E-state index contributed by atoms with van der Waals surface area (Å²) in [6, 6.07) is 5.68. The first-order valence-corrected chi connectivity index (χ1v) is 5.71. The molecule has 0 unspecified atom stereocenters. The summed E-state index contributed by atoms with van der Waals surface area (Å²) in [5.41, 5.74) is 7.36. The third kappa shape index (κ3) is 1.39. The molecule has 0 aromatic carbocycles. The van der Waals surface area contributed by atoms with Crippen molar-refractivity contribution in [1.82, 2.24) is 19.6 Å². The minimum atomic E-state index is 0.463. The smallest absolute Gasteiger partial charge is 0.212 e. The van der Waals surface area contributed by atoms with Crippen LogP contribution in [0.1, 0.15) is 5.69 Å². The van der Waals surface area contributed by atoms with E-state index < -0.39 is 0 Å². The van der Waals surface area contributed by atoms with Crippen LogP contribution in [0.2, 0.25) is 0 Å². The number of nitrogens with two attached hydrogens (primary N) is 1. The highest BCUT2D eigenvalue weighted by Crippen LogP contribution is 2.18. The molecule has 0 bridgehead atoms. The van der Waals surface area contributed by atoms with Crippen LogP contribution in [0.25, 0.3) is 16.5 Å². The van der Waals surface area contributed by atoms with E-state index in [-0.39, 0.29) is 0 Å². The Bertz CT molecular complexity index is 612. The Morgan fingerprint density at radius 3 is 3.06 bits per heavy atom. The zero-order valence-electron chi connectivity index (χ0n) is 8.37. The van der Waals surface area contributed by atoms with Crippen LogP contribution >= 0.6 is 11.3 Å². The van der Waals surface area contributed by atoms with E-state index in [0.29, 0.717) is 12.4 Å². The molecule has 0 aliphatic heterocycles. The second-order valence-corrected chi connectivity index (χ2v) is 4.11. The van der Waals surface area contributed by atoms with E-state index >= 15 is 0 Å². The molecule has 80 valence electrons. The standard InChI is InChI=1S/C10H9N5S/c11-5-7-6-16-10-13-9(14-15(7)10)8-3-1-2-4-12-8/h1-4,6H,5,11H2. The van der Waals surface area contributed by atoms with Crippen molar-refractivity contribution in [2.45, 2.75) is 6.54 Å². The van der Waals surface area contributed by atoms with Gasteiger partial charge in [0.1, 0.15) is 5.69 Å². The van der Waals surface area contributed by atoms with Gasteiger partial charge in [-0.25, -0.2) is 4.52 Å². The molecule has 3 rings (SSSR count). The lowest BCUT2D eigenvalue weighted by atomic mass is 10.3. The van der Waals surface area contributed by atoms with Crippen molar-refractivity contribution >= 4 is 16.3 Å². The first-order chi connectivity index (χ1) is 7.88. The third-order valence-corrected chi connectivity index (χ3v) is 3.12. The van der Waals surface area contributed by atoms with Crippen molar-refractivity contribution in [3.05, 3.63) is 35.5 Å². The van der Waals surface area contributed by atoms with E-state index in [2.05, 4.69) is 15.1 Å². The lowest BCUT2D eigenvalue weighted by Crippen LogP contribution is -2.01. The van der Waals surface area contributed by atoms with Crippen LogP contribution in [0.5, 0.6) is 0 Å². The van der Waals surface area contributed by atoms with Gasteiger partial charge in [0.05, 0.1) is 5.69 Å². The van der Waals surface area contributed by atoms with Gasteiger partial charge in [-0.05, 0) is 12.1 Å². The largest absolute Gasteiger partial charge is 0.325 e. The molecule has 16 heavy (non-hydrogen) atoms. The number of pyridine rings is 1. The molecule has 5 nitrogen and oxygen atoms in total. The molecule has 0 radical (unpaired) electrons. The summed E-state index contributed by atoms with van der Waals surface area (Å²) in [6.07, 6.45) is 1.73. The fraction of sp³-hybridized carbons (Fsp3) is 0.100. The summed E-state index contributed by atoms with van der Waals surface area (Å²) in [4.78, 5) is 9.47. The molecule has 0 aliphatic rings. The molecule has 0 atom stereocenters. The van der Waals surface area contributed by atoms with E-state index in [9.17, 15) is 0 Å². The molecule has 3 aromatic heterocycles. The van der Waals surface area contributed by atoms with Crippen LogP contribution in [0, 0.1) is 0 Å². The van der Waals surface area contributed by atoms with E-state index in [1.807, 2.05) is 23.6 Å². The Kier molecular flexibility index (Phi) is 2.16. The van der Waals surface area contributed by atoms with Gasteiger partial charge in [-0.3, -0.25) is 4.98 Å². The topological polar surface area (TPSA) is 69.1 Å². The maximum Gasteiger partial charge on any atom is 0.212 e. The summed E-state index contributed by atoms with van der Waals surface area (Å²) in [5, 5.41) is 6.36. The van der Waals surface area contributed by atoms with Crippen LogP contribution in [-0.4, -0.2) is 19.6 Å². The van der Waals surface area contributed by atoms with Crippen molar-refractivity contribution in [2.24, 2.45) is 5.73 Å². The van der Waals surface area contributed by atoms with Gasteiger partial charge < -0.3 is 5.73 Å². The third-order valence-electron chi connectivity index (χ3n) is 2.25. The fourth-order valence-electron chi connectivity index (χ4n) is 1.47. The predicted octanol–water partition coefficient (Wildman–Crippen LogP) is 1.31. The average molecular weight is 231 g/mol. The minimum absolute atomic E-state index is 0.463. The van der Waals surface area contributed by atoms with Crippen LogP contribution in [0.15, 0.2) is 29.8 Å². The van der Waals surface area contributed by atoms with Crippen molar-refractivity contribution in [1.29, 1.82) is 0 Å². The quantitative estimate of drug-likeness (QED) is 0.722. The molecule has 0 saturated heterocycles. The molecule has 3 aromatic rings. The van der Waals surface area contributed by atoms with Crippen molar-refractivity contribution in [2.75, 3.05) is 0 Å². The van der Waals surface area contributed by atoms with Crippen molar-refractivity contribution < 1.29 is 0 Å². The molecular weight excluding hydrogens is 222 g/mol. The van der Waals surface area contributed by atoms with Gasteiger partial charge in [-0.15, -0.1) is 16.4 Å². The summed E-state index contributed by atoms with van der Waals surface area (Å²) in [6.45, 7) is 0.463. The molecule has 2 N–H and O–H groups in total. The SMILES string of the molecule is NCc1csc2nc(-c3ccccn3)nn12. The summed E-state index contributed by atoms with van der Waals surface area (Å²) >= 11 is 1.54. The molecule has 3 heterocycles. The second kappa shape index (κ2) is 3.66. The molecule has 6 heteroatoms. The van der Waals surface area contributed by atoms with Crippen LogP contribution in [-0.2, 0) is 6.54 Å². The van der Waals surface area contributed by atoms with Crippen molar-refractivity contribution in [3.63, 3.8) is 0 Å². The molecular formula is C10H9N5S. The molecule has 0 aliphatic carbocycles. The van der Waals surface area contributed by atoms with Crippen LogP contribution in [0.4, 0.5) is 0 Å². The summed E-state index contributed by atoms with van der Waals surface area (Å²) in [5.74, 6) is 0.641. The van der Waals surface area contributed by atoms with Gasteiger partial charge in [0, 0.05) is 18.1 Å². The highest BCUT2D eigenvalue weighted by Gasteiger charge is 2.10. The molecule has 0 saturated carbocycles. The molecule has 0 spiro atoms. The minimum Gasteiger partial charge on any atom is -0.325 e. The predicted molar refractivity (Wildman–Crippen MR) is 62.0 cm³/mol. The van der Waals surface area contributed by atoms with E-state index in [1.54, 1.807) is 10.7 Å².